The van der Waals surface area contributed by atoms with Gasteiger partial charge in [-0.25, -0.2) is 4.98 Å². The summed E-state index contributed by atoms with van der Waals surface area (Å²) in [6.45, 7) is 0.304. The number of nitrogens with zero attached hydrogens (tertiary/aromatic N) is 2. The molecule has 0 spiro atoms. The Hall–Kier alpha value is -2.24. The third-order valence-corrected chi connectivity index (χ3v) is 1.96. The standard InChI is InChI=1S/C9H9N3O3/c10-8(13)7-9(14)11-5-12(7)4-6-2-1-3-15-6/h1-3,5,14H,4H2,(H2,10,13). The molecule has 0 saturated carbocycles. The first-order chi connectivity index (χ1) is 7.18. The first kappa shape index (κ1) is 9.32. The van der Waals surface area contributed by atoms with E-state index < -0.39 is 5.91 Å². The highest BCUT2D eigenvalue weighted by Crippen LogP contribution is 2.15. The van der Waals surface area contributed by atoms with Crippen LogP contribution < -0.4 is 5.73 Å². The van der Waals surface area contributed by atoms with Gasteiger partial charge in [-0.05, 0) is 12.1 Å². The number of nitrogens with two attached hydrogens (primary N) is 1. The van der Waals surface area contributed by atoms with Crippen LogP contribution in [0.5, 0.6) is 5.88 Å². The van der Waals surface area contributed by atoms with Crippen molar-refractivity contribution >= 4 is 5.91 Å². The lowest BCUT2D eigenvalue weighted by molar-refractivity contribution is 0.0988. The molecule has 2 rings (SSSR count). The fraction of sp³-hybridized carbons (Fsp3) is 0.111. The molecular formula is C9H9N3O3. The first-order valence-corrected chi connectivity index (χ1v) is 4.24. The minimum absolute atomic E-state index is 0.0219. The van der Waals surface area contributed by atoms with Gasteiger partial charge < -0.3 is 19.8 Å². The van der Waals surface area contributed by atoms with E-state index in [-0.39, 0.29) is 11.6 Å². The maximum Gasteiger partial charge on any atom is 0.271 e. The molecule has 2 aromatic rings. The van der Waals surface area contributed by atoms with E-state index in [1.54, 1.807) is 12.1 Å². The molecule has 6 heteroatoms. The van der Waals surface area contributed by atoms with Gasteiger partial charge in [0.2, 0.25) is 5.88 Å². The molecule has 2 aromatic heterocycles. The van der Waals surface area contributed by atoms with Crippen LogP contribution in [0.2, 0.25) is 0 Å². The molecule has 0 aliphatic rings. The maximum atomic E-state index is 11.0. The third-order valence-electron chi connectivity index (χ3n) is 1.96. The predicted octanol–water partition coefficient (Wildman–Crippen LogP) is 0.329. The number of carbonyl (C=O) groups excluding carboxylic acids is 1. The molecule has 0 aliphatic heterocycles. The molecule has 15 heavy (non-hydrogen) atoms. The monoisotopic (exact) mass is 207 g/mol. The lowest BCUT2D eigenvalue weighted by Crippen LogP contribution is -2.17. The van der Waals surface area contributed by atoms with Gasteiger partial charge in [0.05, 0.1) is 19.1 Å². The average Bonchev–Trinajstić information content (AvgIpc) is 2.76. The van der Waals surface area contributed by atoms with Crippen LogP contribution in [0, 0.1) is 0 Å². The van der Waals surface area contributed by atoms with Crippen molar-refractivity contribution in [1.82, 2.24) is 9.55 Å². The summed E-state index contributed by atoms with van der Waals surface area (Å²) >= 11 is 0. The fourth-order valence-electron chi connectivity index (χ4n) is 1.31. The number of aromatic nitrogens is 2. The molecule has 0 radical (unpaired) electrons. The van der Waals surface area contributed by atoms with Crippen LogP contribution in [0.15, 0.2) is 29.1 Å². The van der Waals surface area contributed by atoms with Crippen molar-refractivity contribution in [3.63, 3.8) is 0 Å². The van der Waals surface area contributed by atoms with Gasteiger partial charge in [0.1, 0.15) is 5.76 Å². The lowest BCUT2D eigenvalue weighted by atomic mass is 10.4. The van der Waals surface area contributed by atoms with E-state index >= 15 is 0 Å². The Kier molecular flexibility index (Phi) is 2.17. The fourth-order valence-corrected chi connectivity index (χ4v) is 1.31. The molecule has 2 heterocycles. The molecular weight excluding hydrogens is 198 g/mol. The van der Waals surface area contributed by atoms with Crippen molar-refractivity contribution in [2.75, 3.05) is 0 Å². The molecule has 3 N–H and O–H groups in total. The molecule has 1 amide bonds. The van der Waals surface area contributed by atoms with Gasteiger partial charge in [0.25, 0.3) is 5.91 Å². The highest BCUT2D eigenvalue weighted by molar-refractivity contribution is 5.93. The molecule has 0 unspecified atom stereocenters. The van der Waals surface area contributed by atoms with Crippen molar-refractivity contribution in [2.45, 2.75) is 6.54 Å². The summed E-state index contributed by atoms with van der Waals surface area (Å²) in [7, 11) is 0. The largest absolute Gasteiger partial charge is 0.492 e. The van der Waals surface area contributed by atoms with Crippen LogP contribution in [0.4, 0.5) is 0 Å². The Bertz CT molecular complexity index is 473. The number of hydrogen-bond acceptors (Lipinski definition) is 4. The summed E-state index contributed by atoms with van der Waals surface area (Å²) in [5, 5.41) is 9.27. The molecule has 0 saturated heterocycles. The number of amides is 1. The Morgan fingerprint density at radius 1 is 1.67 bits per heavy atom. The van der Waals surface area contributed by atoms with Gasteiger partial charge in [-0.1, -0.05) is 0 Å². The van der Waals surface area contributed by atoms with Crippen molar-refractivity contribution < 1.29 is 14.3 Å². The summed E-state index contributed by atoms with van der Waals surface area (Å²) in [6.07, 6.45) is 2.86. The summed E-state index contributed by atoms with van der Waals surface area (Å²) in [6, 6.07) is 3.48. The highest BCUT2D eigenvalue weighted by atomic mass is 16.3. The second-order valence-corrected chi connectivity index (χ2v) is 2.99. The Balaban J connectivity index is 2.33. The quantitative estimate of drug-likeness (QED) is 0.758. The van der Waals surface area contributed by atoms with E-state index in [1.807, 2.05) is 0 Å². The molecule has 0 aliphatic carbocycles. The number of imidazole rings is 1. The molecule has 0 fully saturated rings. The summed E-state index contributed by atoms with van der Waals surface area (Å²) in [4.78, 5) is 14.6. The SMILES string of the molecule is NC(=O)c1c(O)ncn1Cc1ccco1. The Morgan fingerprint density at radius 2 is 2.47 bits per heavy atom. The van der Waals surface area contributed by atoms with Gasteiger partial charge in [0, 0.05) is 0 Å². The lowest BCUT2D eigenvalue weighted by Gasteiger charge is -2.02. The van der Waals surface area contributed by atoms with Crippen LogP contribution in [0.25, 0.3) is 0 Å². The number of carbonyl (C=O) groups is 1. The number of rotatable bonds is 3. The van der Waals surface area contributed by atoms with Gasteiger partial charge in [-0.3, -0.25) is 4.79 Å². The summed E-state index contributed by atoms with van der Waals surface area (Å²) in [5.74, 6) is -0.444. The molecule has 78 valence electrons. The first-order valence-electron chi connectivity index (χ1n) is 4.24. The Morgan fingerprint density at radius 3 is 3.07 bits per heavy atom. The molecule has 6 nitrogen and oxygen atoms in total. The van der Waals surface area contributed by atoms with Crippen LogP contribution in [-0.4, -0.2) is 20.6 Å². The third kappa shape index (κ3) is 1.69. The second kappa shape index (κ2) is 3.49. The van der Waals surface area contributed by atoms with Crippen molar-refractivity contribution in [3.05, 3.63) is 36.2 Å². The molecule has 0 bridgehead atoms. The van der Waals surface area contributed by atoms with Crippen molar-refractivity contribution in [3.8, 4) is 5.88 Å². The molecule has 0 atom stereocenters. The van der Waals surface area contributed by atoms with E-state index in [9.17, 15) is 9.90 Å². The van der Waals surface area contributed by atoms with Gasteiger partial charge >= 0.3 is 0 Å². The second-order valence-electron chi connectivity index (χ2n) is 2.99. The van der Waals surface area contributed by atoms with E-state index in [1.165, 1.54) is 17.2 Å². The smallest absolute Gasteiger partial charge is 0.271 e. The zero-order valence-corrected chi connectivity index (χ0v) is 7.75. The number of hydrogen-bond donors (Lipinski definition) is 2. The van der Waals surface area contributed by atoms with E-state index in [0.717, 1.165) is 0 Å². The minimum Gasteiger partial charge on any atom is -0.492 e. The van der Waals surface area contributed by atoms with Crippen LogP contribution >= 0.6 is 0 Å². The highest BCUT2D eigenvalue weighted by Gasteiger charge is 2.15. The zero-order chi connectivity index (χ0) is 10.8. The van der Waals surface area contributed by atoms with Gasteiger partial charge in [0.15, 0.2) is 5.69 Å². The van der Waals surface area contributed by atoms with Crippen molar-refractivity contribution in [2.24, 2.45) is 5.73 Å². The average molecular weight is 207 g/mol. The van der Waals surface area contributed by atoms with E-state index in [4.69, 9.17) is 10.2 Å². The minimum atomic E-state index is -0.725. The molecule has 0 aromatic carbocycles. The van der Waals surface area contributed by atoms with Crippen LogP contribution in [0.3, 0.4) is 0 Å². The normalized spacial score (nSPS) is 10.4. The van der Waals surface area contributed by atoms with E-state index in [2.05, 4.69) is 4.98 Å². The summed E-state index contributed by atoms with van der Waals surface area (Å²) < 4.78 is 6.53. The zero-order valence-electron chi connectivity index (χ0n) is 7.75. The number of primary amides is 1. The number of aromatic hydroxyl groups is 1. The topological polar surface area (TPSA) is 94.3 Å². The summed E-state index contributed by atoms with van der Waals surface area (Å²) in [5.41, 5.74) is 5.08. The van der Waals surface area contributed by atoms with Gasteiger partial charge in [-0.2, -0.15) is 0 Å². The van der Waals surface area contributed by atoms with E-state index in [0.29, 0.717) is 12.3 Å². The Labute approximate surface area is 84.9 Å². The van der Waals surface area contributed by atoms with Crippen LogP contribution in [-0.2, 0) is 6.54 Å². The van der Waals surface area contributed by atoms with Crippen molar-refractivity contribution in [1.29, 1.82) is 0 Å². The number of furan rings is 1. The maximum absolute atomic E-state index is 11.0. The van der Waals surface area contributed by atoms with Gasteiger partial charge in [-0.15, -0.1) is 0 Å². The predicted molar refractivity (Wildman–Crippen MR) is 50.2 cm³/mol. The van der Waals surface area contributed by atoms with Crippen LogP contribution in [0.1, 0.15) is 16.2 Å².